The van der Waals surface area contributed by atoms with Crippen LogP contribution in [0.15, 0.2) is 0 Å². The van der Waals surface area contributed by atoms with Crippen LogP contribution in [0.4, 0.5) is 9.59 Å². The summed E-state index contributed by atoms with van der Waals surface area (Å²) in [6, 6.07) is 0. The first kappa shape index (κ1) is 33.4. The van der Waals surface area contributed by atoms with Gasteiger partial charge in [0.2, 0.25) is 0 Å². The molecule has 0 radical (unpaired) electrons. The molecule has 0 atom stereocenters. The Morgan fingerprint density at radius 3 is 1.31 bits per heavy atom. The number of nitrogens with zero attached hydrogens (tertiary/aromatic N) is 4. The van der Waals surface area contributed by atoms with Crippen molar-refractivity contribution < 1.29 is 24.2 Å². The Kier molecular flexibility index (Phi) is 15.5. The van der Waals surface area contributed by atoms with Crippen molar-refractivity contribution in [2.75, 3.05) is 72.1 Å². The normalized spacial score (nSPS) is 17.7. The summed E-state index contributed by atoms with van der Waals surface area (Å²) in [6.07, 6.45) is 2.87. The Morgan fingerprint density at radius 1 is 0.686 bits per heavy atom. The van der Waals surface area contributed by atoms with Gasteiger partial charge in [0.1, 0.15) is 11.2 Å². The van der Waals surface area contributed by atoms with E-state index < -0.39 is 11.2 Å². The summed E-state index contributed by atoms with van der Waals surface area (Å²) in [4.78, 5) is 31.8. The lowest BCUT2D eigenvalue weighted by Gasteiger charge is -2.35. The maximum absolute atomic E-state index is 11.8. The highest BCUT2D eigenvalue weighted by atomic mass is 16.6. The summed E-state index contributed by atoms with van der Waals surface area (Å²) in [5.74, 6) is 0. The van der Waals surface area contributed by atoms with E-state index in [1.54, 1.807) is 4.90 Å². The van der Waals surface area contributed by atoms with Crippen LogP contribution < -0.4 is 0 Å². The summed E-state index contributed by atoms with van der Waals surface area (Å²) in [5.41, 5.74) is -0.818. The Bertz CT molecular complexity index is 536. The monoisotopic (exact) mass is 502 g/mol. The maximum atomic E-state index is 11.8. The number of rotatable bonds is 6. The first-order chi connectivity index (χ1) is 15.8. The van der Waals surface area contributed by atoms with E-state index in [0.29, 0.717) is 13.1 Å². The first-order valence-electron chi connectivity index (χ1n) is 12.9. The minimum absolute atomic E-state index is 0. The van der Waals surface area contributed by atoms with Crippen LogP contribution in [-0.2, 0) is 9.47 Å². The predicted molar refractivity (Wildman–Crippen MR) is 142 cm³/mol. The molecule has 0 saturated carbocycles. The van der Waals surface area contributed by atoms with Crippen LogP contribution in [0, 0.1) is 0 Å². The summed E-state index contributed by atoms with van der Waals surface area (Å²) < 4.78 is 10.7. The molecular weight excluding hydrogens is 448 g/mol. The van der Waals surface area contributed by atoms with Gasteiger partial charge in [0, 0.05) is 65.5 Å². The van der Waals surface area contributed by atoms with Crippen LogP contribution in [0.5, 0.6) is 0 Å². The lowest BCUT2D eigenvalue weighted by Crippen LogP contribution is -2.50. The van der Waals surface area contributed by atoms with Gasteiger partial charge in [-0.25, -0.2) is 9.59 Å². The third kappa shape index (κ3) is 15.2. The van der Waals surface area contributed by atoms with Gasteiger partial charge in [-0.1, -0.05) is 20.8 Å². The molecule has 1 N–H and O–H groups in total. The van der Waals surface area contributed by atoms with Gasteiger partial charge < -0.3 is 24.4 Å². The van der Waals surface area contributed by atoms with Crippen molar-refractivity contribution in [3.63, 3.8) is 0 Å². The zero-order chi connectivity index (χ0) is 25.8. The van der Waals surface area contributed by atoms with Crippen molar-refractivity contribution in [1.29, 1.82) is 0 Å². The number of aliphatic hydroxyl groups is 1. The second kappa shape index (κ2) is 16.2. The molecule has 2 aliphatic heterocycles. The third-order valence-electron chi connectivity index (χ3n) is 5.51. The number of ether oxygens (including phenoxy) is 2. The van der Waals surface area contributed by atoms with E-state index in [9.17, 15) is 9.59 Å². The first-order valence-corrected chi connectivity index (χ1v) is 12.9. The molecule has 2 saturated heterocycles. The van der Waals surface area contributed by atoms with E-state index in [0.717, 1.165) is 58.8 Å². The Hall–Kier alpha value is -1.58. The smallest absolute Gasteiger partial charge is 0.410 e. The van der Waals surface area contributed by atoms with E-state index in [1.807, 2.05) is 46.4 Å². The number of piperazine rings is 2. The van der Waals surface area contributed by atoms with Gasteiger partial charge in [0.25, 0.3) is 0 Å². The molecule has 0 bridgehead atoms. The highest BCUT2D eigenvalue weighted by Crippen LogP contribution is 2.13. The molecule has 2 rings (SSSR count). The average Bonchev–Trinajstić information content (AvgIpc) is 2.75. The molecule has 0 unspecified atom stereocenters. The van der Waals surface area contributed by atoms with Gasteiger partial charge in [-0.15, -0.1) is 0 Å². The minimum Gasteiger partial charge on any atom is -0.444 e. The quantitative estimate of drug-likeness (QED) is 0.590. The van der Waals surface area contributed by atoms with Crippen molar-refractivity contribution in [3.8, 4) is 0 Å². The Labute approximate surface area is 214 Å². The van der Waals surface area contributed by atoms with E-state index in [2.05, 4.69) is 16.7 Å². The molecular formula is C26H54N4O5. The zero-order valence-electron chi connectivity index (χ0n) is 22.8. The number of amides is 2. The molecule has 0 aliphatic carbocycles. The molecule has 2 fully saturated rings. The van der Waals surface area contributed by atoms with Gasteiger partial charge in [0.15, 0.2) is 0 Å². The molecule has 0 aromatic heterocycles. The Balaban J connectivity index is 0.000000642. The van der Waals surface area contributed by atoms with Crippen molar-refractivity contribution in [3.05, 3.63) is 0 Å². The Morgan fingerprint density at radius 2 is 1.03 bits per heavy atom. The van der Waals surface area contributed by atoms with Gasteiger partial charge in [-0.2, -0.15) is 0 Å². The van der Waals surface area contributed by atoms with Crippen LogP contribution >= 0.6 is 0 Å². The van der Waals surface area contributed by atoms with Crippen molar-refractivity contribution in [1.82, 2.24) is 19.6 Å². The van der Waals surface area contributed by atoms with Gasteiger partial charge in [-0.05, 0) is 60.9 Å². The molecule has 0 aromatic carbocycles. The minimum atomic E-state index is -0.425. The second-order valence-corrected chi connectivity index (χ2v) is 11.0. The zero-order valence-corrected chi connectivity index (χ0v) is 22.8. The van der Waals surface area contributed by atoms with E-state index in [1.165, 1.54) is 12.8 Å². The standard InChI is InChI=1S/C13H26N2O2.C12H24N2O3.CH4/c1-5-6-7-14-8-10-15(11-9-14)12(16)17-13(2,3)4;1-12(2,3)17-11(16)14-8-6-13(7-9-14)5-4-10-15;/h5-11H2,1-4H3;15H,4-10H2,1-3H3;1H4. The van der Waals surface area contributed by atoms with Crippen LogP contribution in [0.1, 0.15) is 75.2 Å². The molecule has 9 heteroatoms. The predicted octanol–water partition coefficient (Wildman–Crippen LogP) is 3.90. The van der Waals surface area contributed by atoms with Crippen LogP contribution in [0.2, 0.25) is 0 Å². The maximum Gasteiger partial charge on any atom is 0.410 e. The molecule has 2 amide bonds. The van der Waals surface area contributed by atoms with E-state index in [4.69, 9.17) is 14.6 Å². The van der Waals surface area contributed by atoms with Crippen LogP contribution in [-0.4, -0.2) is 120 Å². The van der Waals surface area contributed by atoms with Gasteiger partial charge in [-0.3, -0.25) is 9.80 Å². The van der Waals surface area contributed by atoms with Gasteiger partial charge >= 0.3 is 12.2 Å². The number of carbonyl (C=O) groups excluding carboxylic acids is 2. The fraction of sp³-hybridized carbons (Fsp3) is 0.923. The summed E-state index contributed by atoms with van der Waals surface area (Å²) in [6.45, 7) is 22.5. The van der Waals surface area contributed by atoms with Crippen molar-refractivity contribution in [2.24, 2.45) is 0 Å². The number of carbonyl (C=O) groups is 2. The molecule has 0 aromatic rings. The third-order valence-corrected chi connectivity index (χ3v) is 5.51. The summed E-state index contributed by atoms with van der Waals surface area (Å²) in [5, 5.41) is 8.75. The SMILES string of the molecule is C.CC(C)(C)OC(=O)N1CCN(CCCO)CC1.CCCCN1CCN(C(=O)OC(C)(C)C)CC1. The highest BCUT2D eigenvalue weighted by molar-refractivity contribution is 5.68. The lowest BCUT2D eigenvalue weighted by molar-refractivity contribution is 0.0133. The number of aliphatic hydroxyl groups excluding tert-OH is 1. The molecule has 2 heterocycles. The van der Waals surface area contributed by atoms with E-state index >= 15 is 0 Å². The fourth-order valence-corrected chi connectivity index (χ4v) is 3.64. The summed E-state index contributed by atoms with van der Waals surface area (Å²) >= 11 is 0. The van der Waals surface area contributed by atoms with E-state index in [-0.39, 0.29) is 26.2 Å². The molecule has 9 nitrogen and oxygen atoms in total. The van der Waals surface area contributed by atoms with Crippen LogP contribution in [0.25, 0.3) is 0 Å². The highest BCUT2D eigenvalue weighted by Gasteiger charge is 2.26. The van der Waals surface area contributed by atoms with Crippen LogP contribution in [0.3, 0.4) is 0 Å². The largest absolute Gasteiger partial charge is 0.444 e. The van der Waals surface area contributed by atoms with Crippen molar-refractivity contribution >= 4 is 12.2 Å². The summed E-state index contributed by atoms with van der Waals surface area (Å²) in [7, 11) is 0. The number of unbranched alkanes of at least 4 members (excludes halogenated alkanes) is 1. The lowest BCUT2D eigenvalue weighted by atomic mass is 10.2. The van der Waals surface area contributed by atoms with Crippen molar-refractivity contribution in [2.45, 2.75) is 86.4 Å². The number of hydrogen-bond donors (Lipinski definition) is 1. The topological polar surface area (TPSA) is 85.8 Å². The molecule has 0 spiro atoms. The molecule has 35 heavy (non-hydrogen) atoms. The van der Waals surface area contributed by atoms with Gasteiger partial charge in [0.05, 0.1) is 0 Å². The molecule has 208 valence electrons. The molecule has 2 aliphatic rings. The number of hydrogen-bond acceptors (Lipinski definition) is 7. The average molecular weight is 503 g/mol. The fourth-order valence-electron chi connectivity index (χ4n) is 3.64. The second-order valence-electron chi connectivity index (χ2n) is 11.0.